The number of pyridine rings is 1. The Labute approximate surface area is 109 Å². The maximum absolute atomic E-state index is 11.7. The summed E-state index contributed by atoms with van der Waals surface area (Å²) in [6.07, 6.45) is 4.63. The molecule has 0 aliphatic carbocycles. The zero-order valence-corrected chi connectivity index (χ0v) is 10.9. The second-order valence-electron chi connectivity index (χ2n) is 3.50. The predicted octanol–water partition coefficient (Wildman–Crippen LogP) is -0.500. The number of rotatable bonds is 4. The molecule has 1 amide bonds. The van der Waals surface area contributed by atoms with Gasteiger partial charge in [0.25, 0.3) is 5.91 Å². The second-order valence-corrected chi connectivity index (χ2v) is 5.06. The number of carbonyl (C=O) groups excluding carboxylic acids is 1. The number of hydrogen-bond acceptors (Lipinski definition) is 4. The molecule has 0 spiro atoms. The fourth-order valence-corrected chi connectivity index (χ4v) is 1.59. The maximum Gasteiger partial charge on any atom is 0.252 e. The van der Waals surface area contributed by atoms with Crippen LogP contribution in [0.25, 0.3) is 0 Å². The molecule has 0 saturated heterocycles. The van der Waals surface area contributed by atoms with Crippen molar-refractivity contribution in [3.05, 3.63) is 29.6 Å². The summed E-state index contributed by atoms with van der Waals surface area (Å²) in [5.41, 5.74) is 6.34. The first-order valence-electron chi connectivity index (χ1n) is 5.35. The Kier molecular flexibility index (Phi) is 6.05. The molecule has 0 fully saturated rings. The van der Waals surface area contributed by atoms with Gasteiger partial charge in [-0.25, -0.2) is 0 Å². The molecule has 1 unspecified atom stereocenters. The smallest absolute Gasteiger partial charge is 0.252 e. The molecule has 1 atom stereocenters. The van der Waals surface area contributed by atoms with E-state index in [4.69, 9.17) is 5.73 Å². The van der Waals surface area contributed by atoms with Gasteiger partial charge in [0.05, 0.1) is 12.1 Å². The summed E-state index contributed by atoms with van der Waals surface area (Å²) in [5.74, 6) is 5.69. The topological polar surface area (TPSA) is 85.1 Å². The van der Waals surface area contributed by atoms with Gasteiger partial charge in [-0.15, -0.1) is 0 Å². The van der Waals surface area contributed by atoms with Gasteiger partial charge in [-0.05, 0) is 6.07 Å². The lowest BCUT2D eigenvalue weighted by Crippen LogP contribution is -2.27. The van der Waals surface area contributed by atoms with Gasteiger partial charge in [0, 0.05) is 47.3 Å². The van der Waals surface area contributed by atoms with E-state index < -0.39 is 10.8 Å². The van der Waals surface area contributed by atoms with Gasteiger partial charge in [0.15, 0.2) is 0 Å². The van der Waals surface area contributed by atoms with E-state index in [9.17, 15) is 9.00 Å². The van der Waals surface area contributed by atoms with E-state index in [2.05, 4.69) is 22.1 Å². The van der Waals surface area contributed by atoms with Crippen molar-refractivity contribution in [2.24, 2.45) is 5.73 Å². The first-order chi connectivity index (χ1) is 8.63. The van der Waals surface area contributed by atoms with Gasteiger partial charge in [-0.1, -0.05) is 11.8 Å². The van der Waals surface area contributed by atoms with Crippen LogP contribution < -0.4 is 11.1 Å². The van der Waals surface area contributed by atoms with Crippen LogP contribution in [0, 0.1) is 11.8 Å². The second kappa shape index (κ2) is 7.58. The van der Waals surface area contributed by atoms with Crippen LogP contribution in [-0.4, -0.2) is 40.2 Å². The first kappa shape index (κ1) is 14.4. The summed E-state index contributed by atoms with van der Waals surface area (Å²) in [6.45, 7) is 0.638. The van der Waals surface area contributed by atoms with Gasteiger partial charge in [0.2, 0.25) is 0 Å². The van der Waals surface area contributed by atoms with Crippen molar-refractivity contribution in [1.82, 2.24) is 10.3 Å². The molecule has 0 aliphatic rings. The van der Waals surface area contributed by atoms with E-state index in [1.807, 2.05) is 0 Å². The molecule has 1 heterocycles. The minimum absolute atomic E-state index is 0.246. The minimum Gasteiger partial charge on any atom is -0.351 e. The highest BCUT2D eigenvalue weighted by molar-refractivity contribution is 7.84. The van der Waals surface area contributed by atoms with Crippen molar-refractivity contribution in [2.75, 3.05) is 25.1 Å². The Morgan fingerprint density at radius 1 is 1.56 bits per heavy atom. The van der Waals surface area contributed by atoms with Crippen LogP contribution in [0.5, 0.6) is 0 Å². The van der Waals surface area contributed by atoms with Crippen molar-refractivity contribution in [3.8, 4) is 11.8 Å². The van der Waals surface area contributed by atoms with Crippen molar-refractivity contribution >= 4 is 16.7 Å². The molecular weight excluding hydrogens is 250 g/mol. The van der Waals surface area contributed by atoms with Crippen molar-refractivity contribution < 1.29 is 9.00 Å². The molecule has 0 saturated carbocycles. The van der Waals surface area contributed by atoms with E-state index in [1.54, 1.807) is 18.5 Å². The van der Waals surface area contributed by atoms with E-state index in [-0.39, 0.29) is 12.5 Å². The normalized spacial score (nSPS) is 11.2. The van der Waals surface area contributed by atoms with Crippen molar-refractivity contribution in [3.63, 3.8) is 0 Å². The summed E-state index contributed by atoms with van der Waals surface area (Å²) >= 11 is 0. The third-order valence-corrected chi connectivity index (χ3v) is 2.79. The summed E-state index contributed by atoms with van der Waals surface area (Å²) < 4.78 is 10.9. The van der Waals surface area contributed by atoms with Crippen LogP contribution in [0.3, 0.4) is 0 Å². The van der Waals surface area contributed by atoms with Gasteiger partial charge < -0.3 is 11.1 Å². The molecule has 96 valence electrons. The molecule has 0 bridgehead atoms. The molecule has 1 aromatic rings. The average Bonchev–Trinajstić information content (AvgIpc) is 2.36. The van der Waals surface area contributed by atoms with Crippen LogP contribution in [-0.2, 0) is 10.8 Å². The standard InChI is InChI=1S/C12H15N3O2S/c1-18(17)6-5-15-12(16)11-7-10(3-2-4-13)8-14-9-11/h7-9H,4-6,13H2,1H3,(H,15,16). The number of carbonyl (C=O) groups is 1. The third kappa shape index (κ3) is 5.08. The van der Waals surface area contributed by atoms with Crippen LogP contribution in [0.2, 0.25) is 0 Å². The fourth-order valence-electron chi connectivity index (χ4n) is 1.20. The van der Waals surface area contributed by atoms with Crippen LogP contribution in [0.4, 0.5) is 0 Å². The number of amides is 1. The fraction of sp³-hybridized carbons (Fsp3) is 0.333. The quantitative estimate of drug-likeness (QED) is 0.719. The predicted molar refractivity (Wildman–Crippen MR) is 71.4 cm³/mol. The molecule has 1 rings (SSSR count). The van der Waals surface area contributed by atoms with Crippen LogP contribution in [0.1, 0.15) is 15.9 Å². The highest BCUT2D eigenvalue weighted by Gasteiger charge is 2.05. The Morgan fingerprint density at radius 2 is 2.33 bits per heavy atom. The lowest BCUT2D eigenvalue weighted by Gasteiger charge is -2.03. The molecular formula is C12H15N3O2S. The van der Waals surface area contributed by atoms with Gasteiger partial charge in [-0.2, -0.15) is 0 Å². The zero-order valence-electron chi connectivity index (χ0n) is 10.1. The van der Waals surface area contributed by atoms with E-state index in [0.717, 1.165) is 0 Å². The highest BCUT2D eigenvalue weighted by Crippen LogP contribution is 2.01. The molecule has 0 aliphatic heterocycles. The molecule has 3 N–H and O–H groups in total. The number of nitrogens with one attached hydrogen (secondary N) is 1. The molecule has 0 radical (unpaired) electrons. The van der Waals surface area contributed by atoms with Gasteiger partial charge in [-0.3, -0.25) is 14.0 Å². The van der Waals surface area contributed by atoms with Crippen molar-refractivity contribution in [1.29, 1.82) is 0 Å². The number of hydrogen-bond donors (Lipinski definition) is 2. The monoisotopic (exact) mass is 265 g/mol. The van der Waals surface area contributed by atoms with E-state index in [1.165, 1.54) is 6.20 Å². The Hall–Kier alpha value is -1.71. The molecule has 1 aromatic heterocycles. The Morgan fingerprint density at radius 3 is 3.00 bits per heavy atom. The Bertz CT molecular complexity index is 506. The molecule has 6 heteroatoms. The lowest BCUT2D eigenvalue weighted by atomic mass is 10.2. The lowest BCUT2D eigenvalue weighted by molar-refractivity contribution is 0.0956. The van der Waals surface area contributed by atoms with Gasteiger partial charge in [0.1, 0.15) is 0 Å². The zero-order chi connectivity index (χ0) is 13.4. The Balaban J connectivity index is 2.65. The summed E-state index contributed by atoms with van der Waals surface area (Å²) in [4.78, 5) is 15.7. The van der Waals surface area contributed by atoms with Crippen LogP contribution in [0.15, 0.2) is 18.5 Å². The average molecular weight is 265 g/mol. The summed E-state index contributed by atoms with van der Waals surface area (Å²) in [6, 6.07) is 1.65. The maximum atomic E-state index is 11.7. The molecule has 5 nitrogen and oxygen atoms in total. The number of nitrogens with zero attached hydrogens (tertiary/aromatic N) is 1. The van der Waals surface area contributed by atoms with Gasteiger partial charge >= 0.3 is 0 Å². The largest absolute Gasteiger partial charge is 0.351 e. The number of aromatic nitrogens is 1. The summed E-state index contributed by atoms with van der Waals surface area (Å²) in [7, 11) is -0.914. The minimum atomic E-state index is -0.914. The SMILES string of the molecule is CS(=O)CCNC(=O)c1cncc(C#CCN)c1. The third-order valence-electron chi connectivity index (χ3n) is 2.01. The highest BCUT2D eigenvalue weighted by atomic mass is 32.2. The molecule has 0 aromatic carbocycles. The first-order valence-corrected chi connectivity index (χ1v) is 7.08. The van der Waals surface area contributed by atoms with E-state index >= 15 is 0 Å². The summed E-state index contributed by atoms with van der Waals surface area (Å²) in [5, 5.41) is 2.67. The number of nitrogens with two attached hydrogens (primary N) is 1. The van der Waals surface area contributed by atoms with Crippen LogP contribution >= 0.6 is 0 Å². The van der Waals surface area contributed by atoms with E-state index in [0.29, 0.717) is 23.4 Å². The molecule has 18 heavy (non-hydrogen) atoms. The van der Waals surface area contributed by atoms with Crippen molar-refractivity contribution in [2.45, 2.75) is 0 Å².